The molecule has 3 rings (SSSR count). The minimum Gasteiger partial charge on any atom is -0.312 e. The van der Waals surface area contributed by atoms with Gasteiger partial charge in [-0.1, -0.05) is 0 Å². The van der Waals surface area contributed by atoms with E-state index in [4.69, 9.17) is 0 Å². The molecule has 2 heterocycles. The Balaban J connectivity index is 1.81. The first-order valence-electron chi connectivity index (χ1n) is 6.58. The number of aromatic nitrogens is 3. The Bertz CT molecular complexity index is 622. The van der Waals surface area contributed by atoms with Gasteiger partial charge in [0, 0.05) is 24.2 Å². The first-order chi connectivity index (χ1) is 9.67. The number of H-pyrrole nitrogens is 1. The van der Waals surface area contributed by atoms with E-state index in [1.54, 1.807) is 0 Å². The molecule has 0 spiro atoms. The fraction of sp³-hybridized carbons (Fsp3) is 0.357. The van der Waals surface area contributed by atoms with Crippen molar-refractivity contribution in [2.24, 2.45) is 5.92 Å². The predicted octanol–water partition coefficient (Wildman–Crippen LogP) is 2.06. The van der Waals surface area contributed by atoms with Crippen molar-refractivity contribution in [1.82, 2.24) is 15.2 Å². The van der Waals surface area contributed by atoms with E-state index in [1.165, 1.54) is 0 Å². The zero-order chi connectivity index (χ0) is 14.1. The SMILES string of the molecule is Cc1nc(-c2ccc(N3CC(CS)CC3=O)cc2)n[nH]1. The minimum atomic E-state index is 0.172. The van der Waals surface area contributed by atoms with Crippen molar-refractivity contribution in [3.05, 3.63) is 30.1 Å². The maximum absolute atomic E-state index is 12.0. The molecule has 1 aliphatic heterocycles. The van der Waals surface area contributed by atoms with E-state index in [0.29, 0.717) is 18.2 Å². The molecular weight excluding hydrogens is 272 g/mol. The van der Waals surface area contributed by atoms with E-state index in [-0.39, 0.29) is 5.91 Å². The van der Waals surface area contributed by atoms with E-state index in [1.807, 2.05) is 36.1 Å². The molecule has 104 valence electrons. The summed E-state index contributed by atoms with van der Waals surface area (Å²) in [5.41, 5.74) is 1.87. The van der Waals surface area contributed by atoms with Crippen molar-refractivity contribution in [3.63, 3.8) is 0 Å². The minimum absolute atomic E-state index is 0.172. The van der Waals surface area contributed by atoms with Crippen LogP contribution >= 0.6 is 12.6 Å². The van der Waals surface area contributed by atoms with Crippen LogP contribution in [0.5, 0.6) is 0 Å². The quantitative estimate of drug-likeness (QED) is 0.850. The molecule has 20 heavy (non-hydrogen) atoms. The molecule has 1 aliphatic rings. The van der Waals surface area contributed by atoms with Crippen molar-refractivity contribution in [2.45, 2.75) is 13.3 Å². The Morgan fingerprint density at radius 3 is 2.70 bits per heavy atom. The number of hydrogen-bond donors (Lipinski definition) is 2. The summed E-state index contributed by atoms with van der Waals surface area (Å²) < 4.78 is 0. The molecule has 1 atom stereocenters. The number of aromatic amines is 1. The van der Waals surface area contributed by atoms with Gasteiger partial charge in [-0.3, -0.25) is 9.89 Å². The smallest absolute Gasteiger partial charge is 0.227 e. The molecule has 6 heteroatoms. The molecule has 0 aliphatic carbocycles. The fourth-order valence-electron chi connectivity index (χ4n) is 2.42. The number of carbonyl (C=O) groups excluding carboxylic acids is 1. The second-order valence-corrected chi connectivity index (χ2v) is 5.41. The molecule has 0 radical (unpaired) electrons. The lowest BCUT2D eigenvalue weighted by Crippen LogP contribution is -2.24. The number of hydrogen-bond acceptors (Lipinski definition) is 4. The lowest BCUT2D eigenvalue weighted by Gasteiger charge is -2.16. The Kier molecular flexibility index (Phi) is 3.48. The van der Waals surface area contributed by atoms with Gasteiger partial charge in [-0.05, 0) is 42.9 Å². The van der Waals surface area contributed by atoms with E-state index in [2.05, 4.69) is 27.8 Å². The van der Waals surface area contributed by atoms with Crippen LogP contribution in [0.15, 0.2) is 24.3 Å². The molecule has 1 aromatic carbocycles. The molecular formula is C14H16N4OS. The van der Waals surface area contributed by atoms with Crippen LogP contribution in [0.4, 0.5) is 5.69 Å². The van der Waals surface area contributed by atoms with Gasteiger partial charge >= 0.3 is 0 Å². The Labute approximate surface area is 122 Å². The van der Waals surface area contributed by atoms with Crippen LogP contribution in [0.25, 0.3) is 11.4 Å². The van der Waals surface area contributed by atoms with Gasteiger partial charge in [0.15, 0.2) is 5.82 Å². The monoisotopic (exact) mass is 288 g/mol. The van der Waals surface area contributed by atoms with Crippen LogP contribution < -0.4 is 4.90 Å². The highest BCUT2D eigenvalue weighted by atomic mass is 32.1. The largest absolute Gasteiger partial charge is 0.312 e. The van der Waals surface area contributed by atoms with Crippen LogP contribution in [0.2, 0.25) is 0 Å². The van der Waals surface area contributed by atoms with Crippen LogP contribution in [-0.4, -0.2) is 33.4 Å². The molecule has 0 bridgehead atoms. The molecule has 1 unspecified atom stereocenters. The number of aryl methyl sites for hydroxylation is 1. The number of anilines is 1. The summed E-state index contributed by atoms with van der Waals surface area (Å²) in [5, 5.41) is 6.95. The van der Waals surface area contributed by atoms with E-state index < -0.39 is 0 Å². The van der Waals surface area contributed by atoms with Crippen LogP contribution in [0.3, 0.4) is 0 Å². The van der Waals surface area contributed by atoms with E-state index in [0.717, 1.165) is 29.4 Å². The molecule has 1 amide bonds. The third-order valence-corrected chi connectivity index (χ3v) is 4.01. The Hall–Kier alpha value is -1.82. The third kappa shape index (κ3) is 2.43. The van der Waals surface area contributed by atoms with E-state index in [9.17, 15) is 4.79 Å². The summed E-state index contributed by atoms with van der Waals surface area (Å²) in [4.78, 5) is 18.1. The van der Waals surface area contributed by atoms with Crippen LogP contribution in [-0.2, 0) is 4.79 Å². The van der Waals surface area contributed by atoms with Gasteiger partial charge in [0.05, 0.1) is 0 Å². The lowest BCUT2D eigenvalue weighted by atomic mass is 10.1. The summed E-state index contributed by atoms with van der Waals surface area (Å²) in [5.74, 6) is 2.73. The highest BCUT2D eigenvalue weighted by Crippen LogP contribution is 2.27. The second kappa shape index (κ2) is 5.28. The zero-order valence-electron chi connectivity index (χ0n) is 11.2. The molecule has 2 aromatic rings. The average Bonchev–Trinajstić information content (AvgIpc) is 3.05. The number of rotatable bonds is 3. The van der Waals surface area contributed by atoms with Crippen molar-refractivity contribution >= 4 is 24.2 Å². The number of thiol groups is 1. The summed E-state index contributed by atoms with van der Waals surface area (Å²) in [6, 6.07) is 7.78. The maximum atomic E-state index is 12.0. The number of carbonyl (C=O) groups is 1. The van der Waals surface area contributed by atoms with Crippen molar-refractivity contribution in [1.29, 1.82) is 0 Å². The highest BCUT2D eigenvalue weighted by molar-refractivity contribution is 7.80. The van der Waals surface area contributed by atoms with Crippen molar-refractivity contribution in [3.8, 4) is 11.4 Å². The molecule has 1 fully saturated rings. The number of benzene rings is 1. The Morgan fingerprint density at radius 2 is 2.15 bits per heavy atom. The van der Waals surface area contributed by atoms with Crippen LogP contribution in [0.1, 0.15) is 12.2 Å². The Morgan fingerprint density at radius 1 is 1.40 bits per heavy atom. The van der Waals surface area contributed by atoms with Gasteiger partial charge in [0.1, 0.15) is 5.82 Å². The van der Waals surface area contributed by atoms with Crippen LogP contribution in [0, 0.1) is 12.8 Å². The topological polar surface area (TPSA) is 61.9 Å². The third-order valence-electron chi connectivity index (χ3n) is 3.50. The number of nitrogens with one attached hydrogen (secondary N) is 1. The maximum Gasteiger partial charge on any atom is 0.227 e. The molecule has 1 aromatic heterocycles. The number of amides is 1. The average molecular weight is 288 g/mol. The summed E-state index contributed by atoms with van der Waals surface area (Å²) in [6.07, 6.45) is 0.589. The summed E-state index contributed by atoms with van der Waals surface area (Å²) in [6.45, 7) is 2.62. The fourth-order valence-corrected chi connectivity index (χ4v) is 2.66. The standard InChI is InChI=1S/C14H16N4OS/c1-9-15-14(17-16-9)11-2-4-12(5-3-11)18-7-10(8-20)6-13(18)19/h2-5,10,20H,6-8H2,1H3,(H,15,16,17). The molecule has 0 saturated carbocycles. The van der Waals surface area contributed by atoms with Gasteiger partial charge in [-0.25, -0.2) is 4.98 Å². The predicted molar refractivity (Wildman–Crippen MR) is 80.9 cm³/mol. The van der Waals surface area contributed by atoms with Gasteiger partial charge < -0.3 is 4.90 Å². The first kappa shape index (κ1) is 13.2. The van der Waals surface area contributed by atoms with Gasteiger partial charge in [0.2, 0.25) is 5.91 Å². The molecule has 1 N–H and O–H groups in total. The normalized spacial score (nSPS) is 18.8. The van der Waals surface area contributed by atoms with Gasteiger partial charge in [0.25, 0.3) is 0 Å². The van der Waals surface area contributed by atoms with E-state index >= 15 is 0 Å². The molecule has 1 saturated heterocycles. The number of nitrogens with zero attached hydrogens (tertiary/aromatic N) is 3. The van der Waals surface area contributed by atoms with Gasteiger partial charge in [-0.15, -0.1) is 0 Å². The summed E-state index contributed by atoms with van der Waals surface area (Å²) >= 11 is 4.28. The van der Waals surface area contributed by atoms with Gasteiger partial charge in [-0.2, -0.15) is 17.7 Å². The van der Waals surface area contributed by atoms with Crippen molar-refractivity contribution < 1.29 is 4.79 Å². The second-order valence-electron chi connectivity index (χ2n) is 5.05. The first-order valence-corrected chi connectivity index (χ1v) is 7.21. The zero-order valence-corrected chi connectivity index (χ0v) is 12.1. The lowest BCUT2D eigenvalue weighted by molar-refractivity contribution is -0.117. The highest BCUT2D eigenvalue weighted by Gasteiger charge is 2.29. The molecule has 5 nitrogen and oxygen atoms in total. The van der Waals surface area contributed by atoms with Crippen molar-refractivity contribution in [2.75, 3.05) is 17.2 Å². The summed E-state index contributed by atoms with van der Waals surface area (Å²) in [7, 11) is 0.